The number of fused-ring (bicyclic) bond motifs is 1. The van der Waals surface area contributed by atoms with E-state index in [1.807, 2.05) is 0 Å². The van der Waals surface area contributed by atoms with Crippen LogP contribution in [0.3, 0.4) is 0 Å². The van der Waals surface area contributed by atoms with E-state index in [4.69, 9.17) is 5.10 Å². The van der Waals surface area contributed by atoms with Gasteiger partial charge in [-0.15, -0.1) is 0 Å². The number of aryl methyl sites for hydroxylation is 1. The van der Waals surface area contributed by atoms with Gasteiger partial charge in [-0.2, -0.15) is 5.10 Å². The van der Waals surface area contributed by atoms with Crippen LogP contribution in [0.25, 0.3) is 5.69 Å². The molecule has 0 unspecified atom stereocenters. The molecule has 3 nitrogen and oxygen atoms in total. The van der Waals surface area contributed by atoms with Gasteiger partial charge < -0.3 is 5.32 Å². The van der Waals surface area contributed by atoms with Gasteiger partial charge in [-0.25, -0.2) is 4.68 Å². The molecular weight excluding hydrogens is 294 g/mol. The second kappa shape index (κ2) is 6.52. The zero-order valence-corrected chi connectivity index (χ0v) is 14.1. The average molecular weight is 317 g/mol. The maximum Gasteiger partial charge on any atom is 0.133 e. The van der Waals surface area contributed by atoms with Gasteiger partial charge >= 0.3 is 0 Å². The Hall–Kier alpha value is -2.55. The summed E-state index contributed by atoms with van der Waals surface area (Å²) in [6.07, 6.45) is 4.44. The number of anilines is 1. The molecule has 0 spiro atoms. The maximum absolute atomic E-state index is 5.01. The molecule has 0 bridgehead atoms. The Morgan fingerprint density at radius 2 is 1.79 bits per heavy atom. The van der Waals surface area contributed by atoms with Gasteiger partial charge in [0.25, 0.3) is 0 Å². The van der Waals surface area contributed by atoms with Crippen LogP contribution in [0.4, 0.5) is 5.82 Å². The minimum absolute atomic E-state index is 0.893. The highest BCUT2D eigenvalue weighted by molar-refractivity contribution is 5.56. The van der Waals surface area contributed by atoms with E-state index in [-0.39, 0.29) is 0 Å². The lowest BCUT2D eigenvalue weighted by atomic mass is 10.0. The molecule has 1 aliphatic heterocycles. The lowest BCUT2D eigenvalue weighted by Crippen LogP contribution is -2.08. The third-order valence-corrected chi connectivity index (χ3v) is 4.77. The van der Waals surface area contributed by atoms with Gasteiger partial charge in [-0.1, -0.05) is 48.5 Å². The number of rotatable bonds is 3. The Morgan fingerprint density at radius 3 is 2.62 bits per heavy atom. The third kappa shape index (κ3) is 2.82. The average Bonchev–Trinajstić information content (AvgIpc) is 2.79. The van der Waals surface area contributed by atoms with E-state index in [1.165, 1.54) is 46.7 Å². The van der Waals surface area contributed by atoms with E-state index >= 15 is 0 Å². The van der Waals surface area contributed by atoms with Gasteiger partial charge in [0.15, 0.2) is 0 Å². The summed E-state index contributed by atoms with van der Waals surface area (Å²) in [5.41, 5.74) is 6.33. The molecule has 0 radical (unpaired) electrons. The largest absolute Gasteiger partial charge is 0.370 e. The van der Waals surface area contributed by atoms with E-state index in [0.29, 0.717) is 0 Å². The van der Waals surface area contributed by atoms with Crippen LogP contribution in [0.15, 0.2) is 54.6 Å². The summed E-state index contributed by atoms with van der Waals surface area (Å²) in [5, 5.41) is 8.64. The summed E-state index contributed by atoms with van der Waals surface area (Å²) < 4.78 is 2.12. The lowest BCUT2D eigenvalue weighted by Gasteiger charge is -2.11. The van der Waals surface area contributed by atoms with E-state index < -0.39 is 0 Å². The Morgan fingerprint density at radius 1 is 1.00 bits per heavy atom. The molecule has 3 heteroatoms. The molecule has 1 aromatic heterocycles. The fraction of sp³-hybridized carbons (Fsp3) is 0.286. The van der Waals surface area contributed by atoms with Crippen molar-refractivity contribution < 1.29 is 0 Å². The molecule has 0 saturated heterocycles. The molecule has 0 fully saturated rings. The first kappa shape index (κ1) is 15.0. The molecule has 0 saturated carbocycles. The smallest absolute Gasteiger partial charge is 0.133 e. The highest BCUT2D eigenvalue weighted by atomic mass is 15.3. The zero-order chi connectivity index (χ0) is 16.4. The molecule has 0 amide bonds. The molecular formula is C21H23N3. The van der Waals surface area contributed by atoms with Crippen molar-refractivity contribution >= 4 is 5.82 Å². The van der Waals surface area contributed by atoms with Gasteiger partial charge in [-0.3, -0.25) is 0 Å². The predicted molar refractivity (Wildman–Crippen MR) is 99.0 cm³/mol. The number of nitrogens with one attached hydrogen (secondary N) is 1. The Labute approximate surface area is 143 Å². The summed E-state index contributed by atoms with van der Waals surface area (Å²) in [5.74, 6) is 1.19. The van der Waals surface area contributed by atoms with Crippen molar-refractivity contribution in [2.45, 2.75) is 32.6 Å². The van der Waals surface area contributed by atoms with Gasteiger partial charge in [0.05, 0.1) is 11.4 Å². The van der Waals surface area contributed by atoms with Crippen molar-refractivity contribution in [3.8, 4) is 5.69 Å². The standard InChI is InChI=1S/C21H23N3/c1-16-9-5-6-13-20(16)24-21-18(12-7-8-14-22-21)19(23-24)15-17-10-3-2-4-11-17/h2-6,9-11,13,22H,7-8,12,14-15H2,1H3. The van der Waals surface area contributed by atoms with Crippen molar-refractivity contribution in [3.05, 3.63) is 77.0 Å². The molecule has 24 heavy (non-hydrogen) atoms. The monoisotopic (exact) mass is 317 g/mol. The van der Waals surface area contributed by atoms with E-state index in [1.54, 1.807) is 0 Å². The zero-order valence-electron chi connectivity index (χ0n) is 14.1. The van der Waals surface area contributed by atoms with Crippen LogP contribution >= 0.6 is 0 Å². The second-order valence-corrected chi connectivity index (χ2v) is 6.52. The predicted octanol–water partition coefficient (Wildman–Crippen LogP) is 4.52. The highest BCUT2D eigenvalue weighted by Gasteiger charge is 2.21. The number of nitrogens with zero attached hydrogens (tertiary/aromatic N) is 2. The molecule has 2 aromatic carbocycles. The first-order valence-electron chi connectivity index (χ1n) is 8.77. The normalized spacial score (nSPS) is 13.9. The SMILES string of the molecule is Cc1ccccc1-n1nc(Cc2ccccc2)c2c1NCCCC2. The van der Waals surface area contributed by atoms with Gasteiger partial charge in [0, 0.05) is 18.5 Å². The van der Waals surface area contributed by atoms with Crippen LogP contribution < -0.4 is 5.32 Å². The fourth-order valence-corrected chi connectivity index (χ4v) is 3.48. The Kier molecular flexibility index (Phi) is 4.08. The van der Waals surface area contributed by atoms with Crippen molar-refractivity contribution in [1.29, 1.82) is 0 Å². The van der Waals surface area contributed by atoms with E-state index in [0.717, 1.165) is 19.4 Å². The first-order valence-corrected chi connectivity index (χ1v) is 8.77. The molecule has 4 rings (SSSR count). The third-order valence-electron chi connectivity index (χ3n) is 4.77. The quantitative estimate of drug-likeness (QED) is 0.769. The summed E-state index contributed by atoms with van der Waals surface area (Å²) in [6.45, 7) is 3.17. The number of para-hydroxylation sites is 1. The minimum atomic E-state index is 0.893. The van der Waals surface area contributed by atoms with Gasteiger partial charge in [-0.05, 0) is 43.4 Å². The van der Waals surface area contributed by atoms with Crippen molar-refractivity contribution in [2.24, 2.45) is 0 Å². The van der Waals surface area contributed by atoms with Crippen molar-refractivity contribution in [1.82, 2.24) is 9.78 Å². The topological polar surface area (TPSA) is 29.9 Å². The molecule has 0 atom stereocenters. The Bertz CT molecular complexity index is 834. The fourth-order valence-electron chi connectivity index (χ4n) is 3.48. The van der Waals surface area contributed by atoms with Crippen LogP contribution in [0.1, 0.15) is 35.2 Å². The number of hydrogen-bond donors (Lipinski definition) is 1. The summed E-state index contributed by atoms with van der Waals surface area (Å²) in [7, 11) is 0. The number of benzene rings is 2. The molecule has 3 aromatic rings. The summed E-state index contributed by atoms with van der Waals surface area (Å²) in [6, 6.07) is 19.1. The lowest BCUT2D eigenvalue weighted by molar-refractivity contribution is 0.767. The summed E-state index contributed by atoms with van der Waals surface area (Å²) >= 11 is 0. The van der Waals surface area contributed by atoms with Crippen LogP contribution in [-0.4, -0.2) is 16.3 Å². The van der Waals surface area contributed by atoms with Crippen LogP contribution in [0, 0.1) is 6.92 Å². The van der Waals surface area contributed by atoms with Crippen LogP contribution in [-0.2, 0) is 12.8 Å². The second-order valence-electron chi connectivity index (χ2n) is 6.52. The number of aromatic nitrogens is 2. The molecule has 1 N–H and O–H groups in total. The van der Waals surface area contributed by atoms with Crippen LogP contribution in [0.5, 0.6) is 0 Å². The van der Waals surface area contributed by atoms with Gasteiger partial charge in [0.2, 0.25) is 0 Å². The molecule has 122 valence electrons. The van der Waals surface area contributed by atoms with E-state index in [9.17, 15) is 0 Å². The maximum atomic E-state index is 5.01. The van der Waals surface area contributed by atoms with Crippen molar-refractivity contribution in [2.75, 3.05) is 11.9 Å². The highest BCUT2D eigenvalue weighted by Crippen LogP contribution is 2.30. The van der Waals surface area contributed by atoms with E-state index in [2.05, 4.69) is 71.5 Å². The van der Waals surface area contributed by atoms with Crippen molar-refractivity contribution in [3.63, 3.8) is 0 Å². The number of hydrogen-bond acceptors (Lipinski definition) is 2. The Balaban J connectivity index is 1.81. The van der Waals surface area contributed by atoms with Crippen LogP contribution in [0.2, 0.25) is 0 Å². The summed E-state index contributed by atoms with van der Waals surface area (Å²) in [4.78, 5) is 0. The molecule has 2 heterocycles. The molecule has 1 aliphatic rings. The van der Waals surface area contributed by atoms with Gasteiger partial charge in [0.1, 0.15) is 5.82 Å². The first-order chi connectivity index (χ1) is 11.8. The molecule has 0 aliphatic carbocycles. The minimum Gasteiger partial charge on any atom is -0.370 e.